The molecule has 0 radical (unpaired) electrons. The van der Waals surface area contributed by atoms with Crippen LogP contribution in [0.1, 0.15) is 15.2 Å². The summed E-state index contributed by atoms with van der Waals surface area (Å²) in [6.07, 6.45) is 0. The lowest BCUT2D eigenvalue weighted by Gasteiger charge is -2.05. The third kappa shape index (κ3) is 2.63. The van der Waals surface area contributed by atoms with Gasteiger partial charge in [0.2, 0.25) is 11.6 Å². The van der Waals surface area contributed by atoms with Gasteiger partial charge in [-0.05, 0) is 24.3 Å². The Morgan fingerprint density at radius 3 is 2.46 bits per heavy atom. The molecule has 0 atom stereocenters. The van der Waals surface area contributed by atoms with E-state index in [9.17, 15) is 23.1 Å². The predicted octanol–water partition coefficient (Wildman–Crippen LogP) is 4.35. The van der Waals surface area contributed by atoms with Crippen molar-refractivity contribution in [3.8, 4) is 16.2 Å². The molecule has 7 heteroatoms. The highest BCUT2D eigenvalue weighted by atomic mass is 32.1. The normalized spacial score (nSPS) is 10.8. The van der Waals surface area contributed by atoms with Crippen LogP contribution in [-0.2, 0) is 0 Å². The van der Waals surface area contributed by atoms with E-state index in [2.05, 4.69) is 0 Å². The molecule has 0 aliphatic heterocycles. The summed E-state index contributed by atoms with van der Waals surface area (Å²) >= 11 is 1.03. The number of hydrogen-bond donors (Lipinski definition) is 2. The molecule has 0 bridgehead atoms. The van der Waals surface area contributed by atoms with E-state index in [1.807, 2.05) is 0 Å². The fraction of sp³-hybridized carbons (Fsp3) is 0. The van der Waals surface area contributed by atoms with E-state index in [0.717, 1.165) is 11.3 Å². The summed E-state index contributed by atoms with van der Waals surface area (Å²) in [6, 6.07) is 10.5. The Bertz CT molecular complexity index is 953. The Morgan fingerprint density at radius 1 is 1.04 bits per heavy atom. The molecule has 0 fully saturated rings. The number of aromatic hydroxyl groups is 1. The first-order valence-electron chi connectivity index (χ1n) is 6.76. The molecule has 0 spiro atoms. The summed E-state index contributed by atoms with van der Waals surface area (Å²) in [5, 5.41) is 9.23. The van der Waals surface area contributed by atoms with E-state index in [4.69, 9.17) is 5.73 Å². The number of carbonyl (C=O) groups is 1. The van der Waals surface area contributed by atoms with Gasteiger partial charge in [0.05, 0.1) is 10.4 Å². The van der Waals surface area contributed by atoms with Gasteiger partial charge >= 0.3 is 0 Å². The second-order valence-corrected chi connectivity index (χ2v) is 6.05. The minimum Gasteiger partial charge on any atom is -0.503 e. The summed E-state index contributed by atoms with van der Waals surface area (Å²) in [5.74, 6) is -7.09. The monoisotopic (exact) mass is 349 g/mol. The highest BCUT2D eigenvalue weighted by molar-refractivity contribution is 7.17. The molecule has 0 saturated heterocycles. The molecule has 0 amide bonds. The van der Waals surface area contributed by atoms with Crippen LogP contribution in [0.25, 0.3) is 10.4 Å². The average molecular weight is 349 g/mol. The van der Waals surface area contributed by atoms with Gasteiger partial charge < -0.3 is 10.8 Å². The Kier molecular flexibility index (Phi) is 4.02. The predicted molar refractivity (Wildman–Crippen MR) is 85.6 cm³/mol. The lowest BCUT2D eigenvalue weighted by molar-refractivity contribution is 0.103. The van der Waals surface area contributed by atoms with Gasteiger partial charge in [-0.2, -0.15) is 4.39 Å². The fourth-order valence-corrected chi connectivity index (χ4v) is 3.22. The summed E-state index contributed by atoms with van der Waals surface area (Å²) in [6.45, 7) is 0. The van der Waals surface area contributed by atoms with Crippen molar-refractivity contribution in [1.82, 2.24) is 0 Å². The molecule has 0 aliphatic rings. The Labute approximate surface area is 138 Å². The molecular weight excluding hydrogens is 339 g/mol. The molecule has 24 heavy (non-hydrogen) atoms. The van der Waals surface area contributed by atoms with Crippen LogP contribution in [0, 0.1) is 17.5 Å². The van der Waals surface area contributed by atoms with Gasteiger partial charge in [0.1, 0.15) is 0 Å². The van der Waals surface area contributed by atoms with Gasteiger partial charge in [0.15, 0.2) is 17.4 Å². The number of rotatable bonds is 3. The second kappa shape index (κ2) is 6.01. The Morgan fingerprint density at radius 2 is 1.75 bits per heavy atom. The van der Waals surface area contributed by atoms with Gasteiger partial charge in [0, 0.05) is 16.1 Å². The quantitative estimate of drug-likeness (QED) is 0.420. The minimum atomic E-state index is -1.73. The van der Waals surface area contributed by atoms with Crippen molar-refractivity contribution in [2.45, 2.75) is 0 Å². The Balaban J connectivity index is 2.03. The smallest absolute Gasteiger partial charge is 0.206 e. The van der Waals surface area contributed by atoms with Crippen molar-refractivity contribution < 1.29 is 23.1 Å². The number of carbonyl (C=O) groups excluding carboxylic acids is 1. The third-order valence-corrected chi connectivity index (χ3v) is 4.55. The summed E-state index contributed by atoms with van der Waals surface area (Å²) < 4.78 is 40.4. The van der Waals surface area contributed by atoms with E-state index < -0.39 is 34.5 Å². The zero-order valence-corrected chi connectivity index (χ0v) is 12.8. The van der Waals surface area contributed by atoms with Crippen molar-refractivity contribution in [2.75, 3.05) is 5.73 Å². The maximum absolute atomic E-state index is 13.9. The first kappa shape index (κ1) is 16.1. The summed E-state index contributed by atoms with van der Waals surface area (Å²) in [7, 11) is 0. The molecule has 1 aromatic heterocycles. The molecule has 1 heterocycles. The SMILES string of the molecule is Nc1ccccc1-c1ccc(C(=O)c2cc(F)c(F)c(O)c2F)s1. The average Bonchev–Trinajstić information content (AvgIpc) is 3.06. The standard InChI is InChI=1S/C17H10F3NO2S/c18-10-7-9(14(19)17(23)15(10)20)16(22)13-6-5-12(24-13)8-3-1-2-4-11(8)21/h1-7,23H,21H2. The molecule has 3 rings (SSSR count). The third-order valence-electron chi connectivity index (χ3n) is 3.43. The van der Waals surface area contributed by atoms with Crippen LogP contribution >= 0.6 is 11.3 Å². The number of ketones is 1. The van der Waals surface area contributed by atoms with Crippen LogP contribution in [0.2, 0.25) is 0 Å². The molecule has 3 nitrogen and oxygen atoms in total. The van der Waals surface area contributed by atoms with Crippen LogP contribution in [0.15, 0.2) is 42.5 Å². The first-order chi connectivity index (χ1) is 11.4. The molecule has 0 aliphatic carbocycles. The molecule has 3 aromatic rings. The number of anilines is 1. The van der Waals surface area contributed by atoms with Crippen molar-refractivity contribution in [3.63, 3.8) is 0 Å². The molecule has 0 saturated carbocycles. The lowest BCUT2D eigenvalue weighted by atomic mass is 10.1. The number of benzene rings is 2. The number of nitrogens with two attached hydrogens (primary N) is 1. The topological polar surface area (TPSA) is 63.3 Å². The van der Waals surface area contributed by atoms with E-state index in [-0.39, 0.29) is 4.88 Å². The van der Waals surface area contributed by atoms with E-state index >= 15 is 0 Å². The highest BCUT2D eigenvalue weighted by Gasteiger charge is 2.24. The van der Waals surface area contributed by atoms with Crippen molar-refractivity contribution in [3.05, 3.63) is 70.4 Å². The van der Waals surface area contributed by atoms with Crippen LogP contribution in [-0.4, -0.2) is 10.9 Å². The number of thiophene rings is 1. The molecule has 0 unspecified atom stereocenters. The largest absolute Gasteiger partial charge is 0.503 e. The van der Waals surface area contributed by atoms with Crippen LogP contribution < -0.4 is 5.73 Å². The van der Waals surface area contributed by atoms with Crippen LogP contribution in [0.4, 0.5) is 18.9 Å². The molecular formula is C17H10F3NO2S. The maximum Gasteiger partial charge on any atom is 0.206 e. The lowest BCUT2D eigenvalue weighted by Crippen LogP contribution is -2.05. The first-order valence-corrected chi connectivity index (χ1v) is 7.57. The van der Waals surface area contributed by atoms with Gasteiger partial charge in [-0.3, -0.25) is 4.79 Å². The summed E-state index contributed by atoms with van der Waals surface area (Å²) in [5.41, 5.74) is 6.34. The minimum absolute atomic E-state index is 0.109. The zero-order chi connectivity index (χ0) is 17.4. The van der Waals surface area contributed by atoms with E-state index in [1.54, 1.807) is 30.3 Å². The van der Waals surface area contributed by atoms with Crippen LogP contribution in [0.5, 0.6) is 5.75 Å². The number of nitrogen functional groups attached to an aromatic ring is 1. The van der Waals surface area contributed by atoms with Crippen molar-refractivity contribution >= 4 is 22.8 Å². The van der Waals surface area contributed by atoms with E-state index in [0.29, 0.717) is 22.2 Å². The second-order valence-electron chi connectivity index (χ2n) is 4.96. The number of hydrogen-bond acceptors (Lipinski definition) is 4. The molecule has 2 aromatic carbocycles. The zero-order valence-electron chi connectivity index (χ0n) is 12.0. The van der Waals surface area contributed by atoms with E-state index in [1.165, 1.54) is 6.07 Å². The number of phenols is 1. The fourth-order valence-electron chi connectivity index (χ4n) is 2.21. The van der Waals surface area contributed by atoms with Gasteiger partial charge in [-0.25, -0.2) is 8.78 Å². The number of halogens is 3. The summed E-state index contributed by atoms with van der Waals surface area (Å²) in [4.78, 5) is 13.1. The molecule has 3 N–H and O–H groups in total. The van der Waals surface area contributed by atoms with Crippen molar-refractivity contribution in [1.29, 1.82) is 0 Å². The number of para-hydroxylation sites is 1. The molecule has 122 valence electrons. The maximum atomic E-state index is 13.9. The van der Waals surface area contributed by atoms with Crippen LogP contribution in [0.3, 0.4) is 0 Å². The van der Waals surface area contributed by atoms with Gasteiger partial charge in [-0.1, -0.05) is 18.2 Å². The van der Waals surface area contributed by atoms with Gasteiger partial charge in [-0.15, -0.1) is 11.3 Å². The highest BCUT2D eigenvalue weighted by Crippen LogP contribution is 2.34. The van der Waals surface area contributed by atoms with Crippen molar-refractivity contribution in [2.24, 2.45) is 0 Å². The number of phenolic OH excluding ortho intramolecular Hbond substituents is 1. The Hall–Kier alpha value is -2.80. The van der Waals surface area contributed by atoms with Gasteiger partial charge in [0.25, 0.3) is 0 Å².